The number of sulfonamides is 1. The molecule has 0 radical (unpaired) electrons. The third-order valence-electron chi connectivity index (χ3n) is 5.58. The molecule has 0 unspecified atom stereocenters. The Morgan fingerprint density at radius 3 is 2.53 bits per heavy atom. The molecule has 162 valence electrons. The van der Waals surface area contributed by atoms with Crippen LogP contribution in [-0.2, 0) is 10.0 Å². The largest absolute Gasteiger partial charge is 0.338 e. The molecule has 1 aliphatic heterocycles. The van der Waals surface area contributed by atoms with Gasteiger partial charge in [0, 0.05) is 29.9 Å². The molecule has 0 saturated carbocycles. The van der Waals surface area contributed by atoms with Crippen LogP contribution in [0.15, 0.2) is 77.7 Å². The van der Waals surface area contributed by atoms with Gasteiger partial charge in [-0.15, -0.1) is 0 Å². The fourth-order valence-corrected chi connectivity index (χ4v) is 5.48. The van der Waals surface area contributed by atoms with Crippen molar-refractivity contribution >= 4 is 32.7 Å². The third kappa shape index (κ3) is 3.90. The van der Waals surface area contributed by atoms with Gasteiger partial charge in [-0.05, 0) is 55.3 Å². The summed E-state index contributed by atoms with van der Waals surface area (Å²) in [6.07, 6.45) is 1.72. The molecule has 1 aromatic heterocycles. The maximum Gasteiger partial charge on any atom is 0.255 e. The first-order valence-corrected chi connectivity index (χ1v) is 11.9. The van der Waals surface area contributed by atoms with Crippen LogP contribution in [0.1, 0.15) is 23.2 Å². The lowest BCUT2D eigenvalue weighted by molar-refractivity contribution is 0.102. The molecule has 2 heterocycles. The number of para-hydroxylation sites is 2. The first-order valence-electron chi connectivity index (χ1n) is 10.5. The molecule has 3 aromatic carbocycles. The number of carbonyl (C=O) groups excluding carboxylic acids is 1. The standard InChI is InChI=1S/C24H22N4O3S/c29-24(18-8-6-10-20(16-18)32(30,31)28-13-3-4-14-28)25-19-9-5-7-17(15-19)23-26-21-11-1-2-12-22(21)27-23/h1-2,5-12,15-16H,3-4,13-14H2,(H,25,29)(H,26,27). The number of hydrogen-bond acceptors (Lipinski definition) is 4. The second-order valence-electron chi connectivity index (χ2n) is 7.78. The van der Waals surface area contributed by atoms with Gasteiger partial charge in [-0.25, -0.2) is 13.4 Å². The van der Waals surface area contributed by atoms with Crippen LogP contribution in [0.25, 0.3) is 22.4 Å². The molecule has 0 spiro atoms. The summed E-state index contributed by atoms with van der Waals surface area (Å²) in [6, 6.07) is 21.3. The first-order chi connectivity index (χ1) is 15.5. The summed E-state index contributed by atoms with van der Waals surface area (Å²) in [6.45, 7) is 1.04. The summed E-state index contributed by atoms with van der Waals surface area (Å²) < 4.78 is 27.1. The van der Waals surface area contributed by atoms with Gasteiger partial charge in [0.05, 0.1) is 15.9 Å². The lowest BCUT2D eigenvalue weighted by Gasteiger charge is -2.16. The predicted octanol–water partition coefficient (Wildman–Crippen LogP) is 4.27. The average Bonchev–Trinajstić information content (AvgIpc) is 3.50. The van der Waals surface area contributed by atoms with E-state index in [0.29, 0.717) is 30.2 Å². The molecule has 1 aliphatic rings. The van der Waals surface area contributed by atoms with Crippen molar-refractivity contribution in [1.82, 2.24) is 14.3 Å². The smallest absolute Gasteiger partial charge is 0.255 e. The van der Waals surface area contributed by atoms with E-state index < -0.39 is 10.0 Å². The monoisotopic (exact) mass is 446 g/mol. The number of aromatic nitrogens is 2. The van der Waals surface area contributed by atoms with Gasteiger partial charge in [-0.1, -0.05) is 30.3 Å². The summed E-state index contributed by atoms with van der Waals surface area (Å²) in [5.74, 6) is 0.339. The third-order valence-corrected chi connectivity index (χ3v) is 7.48. The number of rotatable bonds is 5. The molecule has 8 heteroatoms. The normalized spacial score (nSPS) is 14.6. The summed E-state index contributed by atoms with van der Waals surface area (Å²) in [5.41, 5.74) is 3.53. The van der Waals surface area contributed by atoms with E-state index in [-0.39, 0.29) is 10.8 Å². The molecule has 32 heavy (non-hydrogen) atoms. The van der Waals surface area contributed by atoms with Gasteiger partial charge in [0.15, 0.2) is 0 Å². The van der Waals surface area contributed by atoms with Gasteiger partial charge in [0.1, 0.15) is 5.82 Å². The van der Waals surface area contributed by atoms with Crippen LogP contribution in [0.4, 0.5) is 5.69 Å². The van der Waals surface area contributed by atoms with Gasteiger partial charge in [-0.3, -0.25) is 4.79 Å². The van der Waals surface area contributed by atoms with Crippen LogP contribution in [0.5, 0.6) is 0 Å². The van der Waals surface area contributed by atoms with Gasteiger partial charge in [0.25, 0.3) is 5.91 Å². The number of aromatic amines is 1. The van der Waals surface area contributed by atoms with E-state index >= 15 is 0 Å². The van der Waals surface area contributed by atoms with Crippen LogP contribution in [0.2, 0.25) is 0 Å². The zero-order chi connectivity index (χ0) is 22.1. The second-order valence-corrected chi connectivity index (χ2v) is 9.71. The minimum atomic E-state index is -3.58. The fourth-order valence-electron chi connectivity index (χ4n) is 3.91. The Morgan fingerprint density at radius 1 is 0.938 bits per heavy atom. The van der Waals surface area contributed by atoms with Crippen molar-refractivity contribution in [3.63, 3.8) is 0 Å². The number of fused-ring (bicyclic) bond motifs is 1. The Morgan fingerprint density at radius 2 is 1.72 bits per heavy atom. The molecule has 0 bridgehead atoms. The number of carbonyl (C=O) groups is 1. The highest BCUT2D eigenvalue weighted by Crippen LogP contribution is 2.25. The molecular formula is C24H22N4O3S. The number of nitrogens with zero attached hydrogens (tertiary/aromatic N) is 2. The molecule has 1 saturated heterocycles. The van der Waals surface area contributed by atoms with Gasteiger partial charge in [0.2, 0.25) is 10.0 Å². The van der Waals surface area contributed by atoms with Crippen LogP contribution < -0.4 is 5.32 Å². The van der Waals surface area contributed by atoms with Crippen molar-refractivity contribution in [2.75, 3.05) is 18.4 Å². The molecule has 0 aliphatic carbocycles. The Kier molecular flexibility index (Phi) is 5.24. The van der Waals surface area contributed by atoms with Crippen molar-refractivity contribution in [3.05, 3.63) is 78.4 Å². The minimum Gasteiger partial charge on any atom is -0.338 e. The number of H-pyrrole nitrogens is 1. The Hall–Kier alpha value is -3.49. The highest BCUT2D eigenvalue weighted by molar-refractivity contribution is 7.89. The van der Waals surface area contributed by atoms with E-state index in [0.717, 1.165) is 29.4 Å². The van der Waals surface area contributed by atoms with E-state index in [9.17, 15) is 13.2 Å². The summed E-state index contributed by atoms with van der Waals surface area (Å²) in [5, 5.41) is 2.86. The van der Waals surface area contributed by atoms with Crippen molar-refractivity contribution < 1.29 is 13.2 Å². The Bertz CT molecular complexity index is 1370. The van der Waals surface area contributed by atoms with E-state index in [1.54, 1.807) is 18.2 Å². The zero-order valence-electron chi connectivity index (χ0n) is 17.3. The Labute approximate surface area is 186 Å². The molecule has 5 rings (SSSR count). The zero-order valence-corrected chi connectivity index (χ0v) is 18.1. The number of amides is 1. The minimum absolute atomic E-state index is 0.142. The SMILES string of the molecule is O=C(Nc1cccc(-c2nc3ccccc3[nH]2)c1)c1cccc(S(=O)(=O)N2CCCC2)c1. The van der Waals surface area contributed by atoms with Crippen LogP contribution in [0, 0.1) is 0 Å². The number of nitrogens with one attached hydrogen (secondary N) is 2. The predicted molar refractivity (Wildman–Crippen MR) is 124 cm³/mol. The molecule has 0 atom stereocenters. The number of imidazole rings is 1. The van der Waals surface area contributed by atoms with Crippen LogP contribution in [0.3, 0.4) is 0 Å². The van der Waals surface area contributed by atoms with Crippen molar-refractivity contribution in [3.8, 4) is 11.4 Å². The highest BCUT2D eigenvalue weighted by Gasteiger charge is 2.27. The summed E-state index contributed by atoms with van der Waals surface area (Å²) in [4.78, 5) is 20.9. The number of anilines is 1. The maximum absolute atomic E-state index is 12.9. The molecule has 7 nitrogen and oxygen atoms in total. The fraction of sp³-hybridized carbons (Fsp3) is 0.167. The summed E-state index contributed by atoms with van der Waals surface area (Å²) >= 11 is 0. The molecular weight excluding hydrogens is 424 g/mol. The molecule has 1 amide bonds. The Balaban J connectivity index is 1.38. The molecule has 2 N–H and O–H groups in total. The van der Waals surface area contributed by atoms with E-state index in [2.05, 4.69) is 15.3 Å². The van der Waals surface area contributed by atoms with E-state index in [4.69, 9.17) is 0 Å². The van der Waals surface area contributed by atoms with Crippen molar-refractivity contribution in [2.24, 2.45) is 0 Å². The van der Waals surface area contributed by atoms with Gasteiger partial charge < -0.3 is 10.3 Å². The second kappa shape index (κ2) is 8.22. The number of benzene rings is 3. The summed E-state index contributed by atoms with van der Waals surface area (Å²) in [7, 11) is -3.58. The number of hydrogen-bond donors (Lipinski definition) is 2. The highest BCUT2D eigenvalue weighted by atomic mass is 32.2. The lowest BCUT2D eigenvalue weighted by Crippen LogP contribution is -2.28. The van der Waals surface area contributed by atoms with Crippen LogP contribution >= 0.6 is 0 Å². The topological polar surface area (TPSA) is 95.2 Å². The average molecular weight is 447 g/mol. The van der Waals surface area contributed by atoms with E-state index in [1.165, 1.54) is 16.4 Å². The molecule has 4 aromatic rings. The van der Waals surface area contributed by atoms with Gasteiger partial charge >= 0.3 is 0 Å². The van der Waals surface area contributed by atoms with Crippen molar-refractivity contribution in [2.45, 2.75) is 17.7 Å². The molecule has 1 fully saturated rings. The van der Waals surface area contributed by atoms with E-state index in [1.807, 2.05) is 42.5 Å². The van der Waals surface area contributed by atoms with Crippen molar-refractivity contribution in [1.29, 1.82) is 0 Å². The first kappa shape index (κ1) is 20.4. The van der Waals surface area contributed by atoms with Gasteiger partial charge in [-0.2, -0.15) is 4.31 Å². The van der Waals surface area contributed by atoms with Crippen LogP contribution in [-0.4, -0.2) is 41.7 Å². The lowest BCUT2D eigenvalue weighted by atomic mass is 10.1. The quantitative estimate of drug-likeness (QED) is 0.479. The maximum atomic E-state index is 12.9.